The number of nitrogens with one attached hydrogen (secondary N) is 2. The second-order valence-electron chi connectivity index (χ2n) is 3.53. The number of H-pyrrole nitrogens is 1. The highest BCUT2D eigenvalue weighted by atomic mass is 79.9. The van der Waals surface area contributed by atoms with E-state index in [2.05, 4.69) is 47.2 Å². The first kappa shape index (κ1) is 11.9. The Hall–Kier alpha value is -1.18. The summed E-state index contributed by atoms with van der Waals surface area (Å²) in [6.07, 6.45) is 1.57. The molecule has 0 radical (unpaired) electrons. The van der Waals surface area contributed by atoms with Gasteiger partial charge in [0, 0.05) is 14.7 Å². The van der Waals surface area contributed by atoms with Gasteiger partial charge in [-0.25, -0.2) is 4.98 Å². The standard InChI is InChI=1S/C10H7BrClN5S/c11-5-1-6(18-3-5)2-13-8-7-9(15-4-14-7)17-10(12)16-8/h1,3-4H,2H2,(H2,13,14,15,16,17). The fraction of sp³-hybridized carbons (Fsp3) is 0.100. The summed E-state index contributed by atoms with van der Waals surface area (Å²) in [5.74, 6) is 0.659. The predicted molar refractivity (Wildman–Crippen MR) is 76.0 cm³/mol. The Bertz CT molecular complexity index is 694. The molecule has 0 unspecified atom stereocenters. The summed E-state index contributed by atoms with van der Waals surface area (Å²) in [5.41, 5.74) is 1.32. The molecule has 2 N–H and O–H groups in total. The second-order valence-corrected chi connectivity index (χ2v) is 5.78. The molecule has 0 bridgehead atoms. The number of anilines is 1. The summed E-state index contributed by atoms with van der Waals surface area (Å²) in [7, 11) is 0. The Morgan fingerprint density at radius 2 is 2.33 bits per heavy atom. The number of hydrogen-bond acceptors (Lipinski definition) is 5. The molecule has 0 saturated carbocycles. The third-order valence-corrected chi connectivity index (χ3v) is 4.18. The van der Waals surface area contributed by atoms with Crippen LogP contribution in [-0.2, 0) is 6.54 Å². The minimum atomic E-state index is 0.185. The first-order valence-electron chi connectivity index (χ1n) is 5.06. The van der Waals surface area contributed by atoms with Gasteiger partial charge < -0.3 is 10.3 Å². The average molecular weight is 345 g/mol. The van der Waals surface area contributed by atoms with Crippen LogP contribution in [0.25, 0.3) is 11.2 Å². The van der Waals surface area contributed by atoms with Crippen molar-refractivity contribution in [3.05, 3.63) is 32.4 Å². The normalized spacial score (nSPS) is 11.0. The van der Waals surface area contributed by atoms with Crippen molar-refractivity contribution in [1.82, 2.24) is 19.9 Å². The van der Waals surface area contributed by atoms with E-state index in [1.807, 2.05) is 5.38 Å². The van der Waals surface area contributed by atoms with Gasteiger partial charge in [-0.15, -0.1) is 11.3 Å². The molecule has 0 fully saturated rings. The van der Waals surface area contributed by atoms with Crippen molar-refractivity contribution in [2.45, 2.75) is 6.54 Å². The van der Waals surface area contributed by atoms with Crippen molar-refractivity contribution in [3.63, 3.8) is 0 Å². The van der Waals surface area contributed by atoms with Gasteiger partial charge >= 0.3 is 0 Å². The van der Waals surface area contributed by atoms with E-state index in [1.54, 1.807) is 17.7 Å². The van der Waals surface area contributed by atoms with Gasteiger partial charge in [-0.05, 0) is 33.6 Å². The summed E-state index contributed by atoms with van der Waals surface area (Å²) in [4.78, 5) is 16.4. The van der Waals surface area contributed by atoms with Crippen molar-refractivity contribution in [1.29, 1.82) is 0 Å². The van der Waals surface area contributed by atoms with Gasteiger partial charge in [0.2, 0.25) is 5.28 Å². The molecule has 3 aromatic rings. The first-order valence-corrected chi connectivity index (χ1v) is 7.11. The summed E-state index contributed by atoms with van der Waals surface area (Å²) in [6, 6.07) is 2.06. The molecule has 3 heterocycles. The van der Waals surface area contributed by atoms with Crippen molar-refractivity contribution in [2.24, 2.45) is 0 Å². The van der Waals surface area contributed by atoms with E-state index in [4.69, 9.17) is 11.6 Å². The van der Waals surface area contributed by atoms with E-state index in [0.29, 0.717) is 18.0 Å². The molecule has 0 aliphatic carbocycles. The second kappa shape index (κ2) is 4.83. The van der Waals surface area contributed by atoms with Crippen molar-refractivity contribution in [3.8, 4) is 0 Å². The van der Waals surface area contributed by atoms with Crippen molar-refractivity contribution < 1.29 is 0 Å². The van der Waals surface area contributed by atoms with Gasteiger partial charge in [-0.1, -0.05) is 0 Å². The van der Waals surface area contributed by atoms with E-state index in [-0.39, 0.29) is 5.28 Å². The van der Waals surface area contributed by atoms with Crippen LogP contribution in [0.5, 0.6) is 0 Å². The molecule has 0 amide bonds. The molecular formula is C10H7BrClN5S. The highest BCUT2D eigenvalue weighted by molar-refractivity contribution is 9.10. The van der Waals surface area contributed by atoms with Crippen LogP contribution in [0.3, 0.4) is 0 Å². The van der Waals surface area contributed by atoms with Gasteiger partial charge in [-0.2, -0.15) is 9.97 Å². The largest absolute Gasteiger partial charge is 0.363 e. The summed E-state index contributed by atoms with van der Waals surface area (Å²) >= 11 is 10.9. The van der Waals surface area contributed by atoms with Crippen LogP contribution in [0.1, 0.15) is 4.88 Å². The summed E-state index contributed by atoms with van der Waals surface area (Å²) in [5, 5.41) is 5.45. The third-order valence-electron chi connectivity index (χ3n) is 2.31. The van der Waals surface area contributed by atoms with Crippen molar-refractivity contribution >= 4 is 55.8 Å². The molecule has 3 aromatic heterocycles. The maximum absolute atomic E-state index is 5.85. The lowest BCUT2D eigenvalue weighted by molar-refractivity contribution is 1.12. The van der Waals surface area contributed by atoms with Gasteiger partial charge in [0.15, 0.2) is 11.5 Å². The van der Waals surface area contributed by atoms with Crippen LogP contribution in [0, 0.1) is 0 Å². The Labute approximate surface area is 120 Å². The Balaban J connectivity index is 1.87. The van der Waals surface area contributed by atoms with E-state index in [0.717, 1.165) is 9.99 Å². The zero-order valence-electron chi connectivity index (χ0n) is 8.94. The molecule has 92 valence electrons. The van der Waals surface area contributed by atoms with Crippen molar-refractivity contribution in [2.75, 3.05) is 5.32 Å². The number of fused-ring (bicyclic) bond motifs is 1. The summed E-state index contributed by atoms with van der Waals surface area (Å²) < 4.78 is 1.08. The van der Waals surface area contributed by atoms with E-state index in [9.17, 15) is 0 Å². The maximum Gasteiger partial charge on any atom is 0.226 e. The van der Waals surface area contributed by atoms with Gasteiger partial charge in [0.25, 0.3) is 0 Å². The zero-order chi connectivity index (χ0) is 12.5. The Kier molecular flexibility index (Phi) is 3.19. The Morgan fingerprint density at radius 1 is 1.44 bits per heavy atom. The molecule has 0 spiro atoms. The average Bonchev–Trinajstić information content (AvgIpc) is 2.94. The predicted octanol–water partition coefficient (Wildman–Crippen LogP) is 3.44. The lowest BCUT2D eigenvalue weighted by atomic mass is 10.4. The molecular weight excluding hydrogens is 338 g/mol. The number of hydrogen-bond donors (Lipinski definition) is 2. The minimum Gasteiger partial charge on any atom is -0.363 e. The quantitative estimate of drug-likeness (QED) is 0.714. The Morgan fingerprint density at radius 3 is 3.11 bits per heavy atom. The van der Waals surface area contributed by atoms with E-state index >= 15 is 0 Å². The first-order chi connectivity index (χ1) is 8.72. The molecule has 8 heteroatoms. The molecule has 5 nitrogen and oxygen atoms in total. The van der Waals surface area contributed by atoms with Crippen LogP contribution < -0.4 is 5.32 Å². The topological polar surface area (TPSA) is 66.5 Å². The number of halogens is 2. The monoisotopic (exact) mass is 343 g/mol. The number of thiophene rings is 1. The van der Waals surface area contributed by atoms with E-state index in [1.165, 1.54) is 4.88 Å². The smallest absolute Gasteiger partial charge is 0.226 e. The molecule has 0 aliphatic rings. The zero-order valence-corrected chi connectivity index (χ0v) is 12.1. The van der Waals surface area contributed by atoms with Gasteiger partial charge in [0.05, 0.1) is 12.9 Å². The molecule has 0 atom stereocenters. The lowest BCUT2D eigenvalue weighted by Crippen LogP contribution is -2.01. The fourth-order valence-corrected chi connectivity index (χ4v) is 3.11. The number of rotatable bonds is 3. The number of imidazole rings is 1. The molecule has 18 heavy (non-hydrogen) atoms. The number of nitrogens with zero attached hydrogens (tertiary/aromatic N) is 3. The van der Waals surface area contributed by atoms with Crippen LogP contribution in [0.4, 0.5) is 5.82 Å². The van der Waals surface area contributed by atoms with Crippen LogP contribution in [-0.4, -0.2) is 19.9 Å². The SMILES string of the molecule is Clc1nc(NCc2cc(Br)cs2)c2[nH]cnc2n1. The highest BCUT2D eigenvalue weighted by Gasteiger charge is 2.08. The maximum atomic E-state index is 5.85. The van der Waals surface area contributed by atoms with Gasteiger partial charge in [-0.3, -0.25) is 0 Å². The van der Waals surface area contributed by atoms with E-state index < -0.39 is 0 Å². The number of aromatic amines is 1. The fourth-order valence-electron chi connectivity index (χ4n) is 1.55. The van der Waals surface area contributed by atoms with Crippen LogP contribution in [0.2, 0.25) is 5.28 Å². The lowest BCUT2D eigenvalue weighted by Gasteiger charge is -2.04. The van der Waals surface area contributed by atoms with Gasteiger partial charge in [0.1, 0.15) is 5.52 Å². The molecule has 0 aliphatic heterocycles. The highest BCUT2D eigenvalue weighted by Crippen LogP contribution is 2.23. The number of aromatic nitrogens is 4. The molecule has 0 aromatic carbocycles. The third kappa shape index (κ3) is 2.33. The minimum absolute atomic E-state index is 0.185. The molecule has 3 rings (SSSR count). The van der Waals surface area contributed by atoms with Crippen LogP contribution >= 0.6 is 38.9 Å². The molecule has 0 saturated heterocycles. The summed E-state index contributed by atoms with van der Waals surface area (Å²) in [6.45, 7) is 0.678. The van der Waals surface area contributed by atoms with Crippen LogP contribution in [0.15, 0.2) is 22.2 Å².